The van der Waals surface area contributed by atoms with E-state index in [1.54, 1.807) is 24.3 Å². The van der Waals surface area contributed by atoms with Crippen molar-refractivity contribution in [1.29, 1.82) is 0 Å². The Bertz CT molecular complexity index is 498. The Morgan fingerprint density at radius 1 is 1.20 bits per heavy atom. The summed E-state index contributed by atoms with van der Waals surface area (Å²) in [4.78, 5) is 23.8. The molecular weight excluding hydrogens is 276 g/mol. The Hall–Kier alpha value is -1.55. The second-order valence-corrected chi connectivity index (χ2v) is 5.64. The molecule has 1 aromatic carbocycles. The van der Waals surface area contributed by atoms with Crippen LogP contribution in [-0.2, 0) is 4.79 Å². The summed E-state index contributed by atoms with van der Waals surface area (Å²) in [5.41, 5.74) is 5.82. The molecule has 0 radical (unpaired) electrons. The van der Waals surface area contributed by atoms with E-state index in [2.05, 4.69) is 5.32 Å². The predicted molar refractivity (Wildman–Crippen MR) is 78.5 cm³/mol. The highest BCUT2D eigenvalue weighted by Gasteiger charge is 2.29. The van der Waals surface area contributed by atoms with Crippen LogP contribution in [0.25, 0.3) is 0 Å². The van der Waals surface area contributed by atoms with Gasteiger partial charge in [0.1, 0.15) is 6.04 Å². The van der Waals surface area contributed by atoms with Gasteiger partial charge in [-0.1, -0.05) is 43.0 Å². The Balaban J connectivity index is 2.10. The van der Waals surface area contributed by atoms with Crippen molar-refractivity contribution in [2.24, 2.45) is 11.7 Å². The van der Waals surface area contributed by atoms with Crippen LogP contribution >= 0.6 is 11.6 Å². The van der Waals surface area contributed by atoms with Crippen LogP contribution < -0.4 is 11.1 Å². The Kier molecular flexibility index (Phi) is 5.01. The van der Waals surface area contributed by atoms with Crippen LogP contribution in [0.4, 0.5) is 0 Å². The van der Waals surface area contributed by atoms with Gasteiger partial charge in [-0.05, 0) is 30.9 Å². The van der Waals surface area contributed by atoms with E-state index < -0.39 is 11.9 Å². The molecule has 1 aliphatic rings. The molecule has 2 amide bonds. The minimum Gasteiger partial charge on any atom is -0.368 e. The third kappa shape index (κ3) is 3.51. The largest absolute Gasteiger partial charge is 0.368 e. The van der Waals surface area contributed by atoms with Crippen molar-refractivity contribution in [3.63, 3.8) is 0 Å². The summed E-state index contributed by atoms with van der Waals surface area (Å²) in [5.74, 6) is -0.685. The summed E-state index contributed by atoms with van der Waals surface area (Å²) in [6.45, 7) is 0. The molecule has 4 nitrogen and oxygen atoms in total. The Morgan fingerprint density at radius 3 is 2.45 bits per heavy atom. The van der Waals surface area contributed by atoms with Crippen LogP contribution in [0.3, 0.4) is 0 Å². The van der Waals surface area contributed by atoms with Crippen LogP contribution in [0, 0.1) is 5.92 Å². The van der Waals surface area contributed by atoms with Crippen LogP contribution in [0.5, 0.6) is 0 Å². The zero-order valence-electron chi connectivity index (χ0n) is 11.3. The first-order chi connectivity index (χ1) is 9.59. The highest BCUT2D eigenvalue weighted by molar-refractivity contribution is 6.33. The zero-order valence-corrected chi connectivity index (χ0v) is 12.0. The predicted octanol–water partition coefficient (Wildman–Crippen LogP) is 2.50. The molecule has 20 heavy (non-hydrogen) atoms. The first-order valence-electron chi connectivity index (χ1n) is 6.94. The maximum absolute atomic E-state index is 12.2. The zero-order chi connectivity index (χ0) is 14.5. The van der Waals surface area contributed by atoms with E-state index in [0.717, 1.165) is 25.7 Å². The second kappa shape index (κ2) is 6.75. The van der Waals surface area contributed by atoms with Crippen molar-refractivity contribution < 1.29 is 9.59 Å². The van der Waals surface area contributed by atoms with Gasteiger partial charge in [-0.15, -0.1) is 0 Å². The first kappa shape index (κ1) is 14.9. The van der Waals surface area contributed by atoms with E-state index in [9.17, 15) is 9.59 Å². The second-order valence-electron chi connectivity index (χ2n) is 5.23. The van der Waals surface area contributed by atoms with Gasteiger partial charge in [0.05, 0.1) is 10.6 Å². The van der Waals surface area contributed by atoms with Gasteiger partial charge in [-0.25, -0.2) is 0 Å². The summed E-state index contributed by atoms with van der Waals surface area (Å²) in [7, 11) is 0. The van der Waals surface area contributed by atoms with Gasteiger partial charge in [0.15, 0.2) is 0 Å². The molecule has 0 bridgehead atoms. The SMILES string of the molecule is NC(=O)[C@@H](NC(=O)c1ccccc1Cl)C1CCCCC1. The van der Waals surface area contributed by atoms with Gasteiger partial charge in [-0.3, -0.25) is 9.59 Å². The number of carbonyl (C=O) groups excluding carboxylic acids is 2. The van der Waals surface area contributed by atoms with Crippen molar-refractivity contribution in [1.82, 2.24) is 5.32 Å². The van der Waals surface area contributed by atoms with E-state index in [4.69, 9.17) is 17.3 Å². The van der Waals surface area contributed by atoms with E-state index in [1.807, 2.05) is 0 Å². The lowest BCUT2D eigenvalue weighted by atomic mass is 9.83. The van der Waals surface area contributed by atoms with E-state index >= 15 is 0 Å². The van der Waals surface area contributed by atoms with Crippen LogP contribution in [0.15, 0.2) is 24.3 Å². The average molecular weight is 295 g/mol. The van der Waals surface area contributed by atoms with Gasteiger partial charge in [0.25, 0.3) is 5.91 Å². The first-order valence-corrected chi connectivity index (χ1v) is 7.32. The fourth-order valence-corrected chi connectivity index (χ4v) is 2.97. The molecule has 0 spiro atoms. The molecule has 0 aromatic heterocycles. The summed E-state index contributed by atoms with van der Waals surface area (Å²) in [6.07, 6.45) is 5.19. The summed E-state index contributed by atoms with van der Waals surface area (Å²) < 4.78 is 0. The van der Waals surface area contributed by atoms with Crippen molar-refractivity contribution in [3.05, 3.63) is 34.9 Å². The highest BCUT2D eigenvalue weighted by Crippen LogP contribution is 2.27. The molecule has 0 heterocycles. The molecule has 108 valence electrons. The van der Waals surface area contributed by atoms with Gasteiger partial charge >= 0.3 is 0 Å². The molecule has 0 saturated heterocycles. The molecule has 2 rings (SSSR count). The summed E-state index contributed by atoms with van der Waals surface area (Å²) in [6, 6.07) is 6.17. The van der Waals surface area contributed by atoms with E-state index in [1.165, 1.54) is 6.42 Å². The number of benzene rings is 1. The number of amides is 2. The number of primary amides is 1. The van der Waals surface area contributed by atoms with Crippen LogP contribution in [0.2, 0.25) is 5.02 Å². The number of halogens is 1. The molecule has 1 aromatic rings. The lowest BCUT2D eigenvalue weighted by Gasteiger charge is -2.28. The third-order valence-electron chi connectivity index (χ3n) is 3.83. The molecular formula is C15H19ClN2O2. The molecule has 3 N–H and O–H groups in total. The Morgan fingerprint density at radius 2 is 1.85 bits per heavy atom. The van der Waals surface area contributed by atoms with Crippen molar-refractivity contribution >= 4 is 23.4 Å². The average Bonchev–Trinajstić information content (AvgIpc) is 2.45. The number of carbonyl (C=O) groups is 2. The molecule has 0 unspecified atom stereocenters. The van der Waals surface area contributed by atoms with Crippen molar-refractivity contribution in [3.8, 4) is 0 Å². The maximum Gasteiger partial charge on any atom is 0.253 e. The topological polar surface area (TPSA) is 72.2 Å². The highest BCUT2D eigenvalue weighted by atomic mass is 35.5. The van der Waals surface area contributed by atoms with Gasteiger partial charge in [0, 0.05) is 0 Å². The number of hydrogen-bond donors (Lipinski definition) is 2. The molecule has 1 atom stereocenters. The molecule has 1 fully saturated rings. The maximum atomic E-state index is 12.2. The minimum atomic E-state index is -0.612. The number of rotatable bonds is 4. The lowest BCUT2D eigenvalue weighted by molar-refractivity contribution is -0.121. The van der Waals surface area contributed by atoms with Crippen LogP contribution in [0.1, 0.15) is 42.5 Å². The number of nitrogens with two attached hydrogens (primary N) is 1. The van der Waals surface area contributed by atoms with Gasteiger partial charge < -0.3 is 11.1 Å². The minimum absolute atomic E-state index is 0.132. The van der Waals surface area contributed by atoms with E-state index in [-0.39, 0.29) is 11.8 Å². The molecule has 0 aliphatic heterocycles. The monoisotopic (exact) mass is 294 g/mol. The summed E-state index contributed by atoms with van der Waals surface area (Å²) >= 11 is 5.99. The summed E-state index contributed by atoms with van der Waals surface area (Å²) in [5, 5.41) is 3.12. The normalized spacial score (nSPS) is 17.4. The standard InChI is InChI=1S/C15H19ClN2O2/c16-12-9-5-4-8-11(12)15(20)18-13(14(17)19)10-6-2-1-3-7-10/h4-5,8-10,13H,1-3,6-7H2,(H2,17,19)(H,18,20)/t13-/m0/s1. The lowest BCUT2D eigenvalue weighted by Crippen LogP contribution is -2.49. The molecule has 1 aliphatic carbocycles. The molecule has 5 heteroatoms. The number of hydrogen-bond acceptors (Lipinski definition) is 2. The fraction of sp³-hybridized carbons (Fsp3) is 0.467. The molecule has 1 saturated carbocycles. The van der Waals surface area contributed by atoms with Gasteiger partial charge in [-0.2, -0.15) is 0 Å². The van der Waals surface area contributed by atoms with E-state index in [0.29, 0.717) is 10.6 Å². The smallest absolute Gasteiger partial charge is 0.253 e. The van der Waals surface area contributed by atoms with Crippen molar-refractivity contribution in [2.75, 3.05) is 0 Å². The number of nitrogens with one attached hydrogen (secondary N) is 1. The van der Waals surface area contributed by atoms with Crippen LogP contribution in [-0.4, -0.2) is 17.9 Å². The van der Waals surface area contributed by atoms with Crippen molar-refractivity contribution in [2.45, 2.75) is 38.1 Å². The Labute approximate surface area is 123 Å². The fourth-order valence-electron chi connectivity index (χ4n) is 2.75. The van der Waals surface area contributed by atoms with Gasteiger partial charge in [0.2, 0.25) is 5.91 Å². The quantitative estimate of drug-likeness (QED) is 0.895. The third-order valence-corrected chi connectivity index (χ3v) is 4.16.